The number of nitrogens with zero attached hydrogens (tertiary/aromatic N) is 3. The fourth-order valence-electron chi connectivity index (χ4n) is 1.97. The summed E-state index contributed by atoms with van der Waals surface area (Å²) in [4.78, 5) is 10.7. The number of pyridine rings is 2. The van der Waals surface area contributed by atoms with E-state index in [-0.39, 0.29) is 0 Å². The topological polar surface area (TPSA) is 55.0 Å². The monoisotopic (exact) mass is 242 g/mol. The maximum absolute atomic E-state index is 5.63. The Balaban J connectivity index is 2.16. The molecule has 2 rings (SSSR count). The van der Waals surface area contributed by atoms with Crippen molar-refractivity contribution in [3.05, 3.63) is 54.0 Å². The average Bonchev–Trinajstić information content (AvgIpc) is 2.41. The summed E-state index contributed by atoms with van der Waals surface area (Å²) < 4.78 is 0. The van der Waals surface area contributed by atoms with Crippen molar-refractivity contribution in [1.29, 1.82) is 0 Å². The zero-order chi connectivity index (χ0) is 12.8. The van der Waals surface area contributed by atoms with Crippen molar-refractivity contribution < 1.29 is 0 Å². The molecule has 4 nitrogen and oxygen atoms in total. The van der Waals surface area contributed by atoms with E-state index in [0.29, 0.717) is 6.54 Å². The van der Waals surface area contributed by atoms with Crippen LogP contribution < -0.4 is 10.6 Å². The highest BCUT2D eigenvalue weighted by molar-refractivity contribution is 5.46. The first-order chi connectivity index (χ1) is 8.81. The van der Waals surface area contributed by atoms with Crippen molar-refractivity contribution in [2.45, 2.75) is 13.0 Å². The molecular weight excluding hydrogens is 224 g/mol. The standard InChI is InChI=1S/C14H18N4/c1-18(11-12-4-2-8-16-10-12)14-13(6-7-15)5-3-9-17-14/h2-5,8-10H,6-7,11,15H2,1H3. The summed E-state index contributed by atoms with van der Waals surface area (Å²) in [7, 11) is 2.04. The number of hydrogen-bond acceptors (Lipinski definition) is 4. The Morgan fingerprint density at radius 1 is 1.22 bits per heavy atom. The number of aromatic nitrogens is 2. The molecule has 0 unspecified atom stereocenters. The normalized spacial score (nSPS) is 10.3. The minimum atomic E-state index is 0.638. The van der Waals surface area contributed by atoms with Crippen LogP contribution in [0, 0.1) is 0 Å². The molecule has 0 radical (unpaired) electrons. The van der Waals surface area contributed by atoms with E-state index in [0.717, 1.165) is 18.8 Å². The molecule has 2 aromatic rings. The van der Waals surface area contributed by atoms with Gasteiger partial charge in [-0.25, -0.2) is 4.98 Å². The van der Waals surface area contributed by atoms with E-state index >= 15 is 0 Å². The van der Waals surface area contributed by atoms with Crippen LogP contribution in [0.5, 0.6) is 0 Å². The molecule has 2 aromatic heterocycles. The lowest BCUT2D eigenvalue weighted by Crippen LogP contribution is -2.20. The van der Waals surface area contributed by atoms with Gasteiger partial charge in [0.25, 0.3) is 0 Å². The Morgan fingerprint density at radius 3 is 2.78 bits per heavy atom. The second-order valence-corrected chi connectivity index (χ2v) is 4.24. The van der Waals surface area contributed by atoms with Crippen molar-refractivity contribution in [1.82, 2.24) is 9.97 Å². The third kappa shape index (κ3) is 3.05. The van der Waals surface area contributed by atoms with Crippen LogP contribution >= 0.6 is 0 Å². The van der Waals surface area contributed by atoms with Crippen LogP contribution in [0.15, 0.2) is 42.9 Å². The summed E-state index contributed by atoms with van der Waals surface area (Å²) in [5.74, 6) is 0.992. The molecule has 0 aliphatic heterocycles. The fourth-order valence-corrected chi connectivity index (χ4v) is 1.97. The van der Waals surface area contributed by atoms with Crippen molar-refractivity contribution in [3.63, 3.8) is 0 Å². The van der Waals surface area contributed by atoms with Crippen LogP contribution in [-0.2, 0) is 13.0 Å². The molecule has 0 bridgehead atoms. The van der Waals surface area contributed by atoms with Crippen molar-refractivity contribution >= 4 is 5.82 Å². The molecule has 0 saturated heterocycles. The molecule has 0 aliphatic rings. The molecule has 0 aliphatic carbocycles. The SMILES string of the molecule is CN(Cc1cccnc1)c1ncccc1CCN. The van der Waals surface area contributed by atoms with Crippen LogP contribution in [0.4, 0.5) is 5.82 Å². The minimum absolute atomic E-state index is 0.638. The third-order valence-corrected chi connectivity index (χ3v) is 2.79. The van der Waals surface area contributed by atoms with Gasteiger partial charge in [-0.15, -0.1) is 0 Å². The largest absolute Gasteiger partial charge is 0.355 e. The molecular formula is C14H18N4. The van der Waals surface area contributed by atoms with Gasteiger partial charge in [0.2, 0.25) is 0 Å². The Labute approximate surface area is 107 Å². The van der Waals surface area contributed by atoms with E-state index in [1.165, 1.54) is 11.1 Å². The summed E-state index contributed by atoms with van der Waals surface area (Å²) in [6, 6.07) is 8.04. The highest BCUT2D eigenvalue weighted by atomic mass is 15.2. The lowest BCUT2D eigenvalue weighted by molar-refractivity contribution is 0.863. The van der Waals surface area contributed by atoms with Crippen LogP contribution in [0.25, 0.3) is 0 Å². The molecule has 2 N–H and O–H groups in total. The van der Waals surface area contributed by atoms with Crippen LogP contribution in [0.1, 0.15) is 11.1 Å². The zero-order valence-electron chi connectivity index (χ0n) is 10.6. The smallest absolute Gasteiger partial charge is 0.131 e. The highest BCUT2D eigenvalue weighted by Gasteiger charge is 2.08. The Morgan fingerprint density at radius 2 is 2.06 bits per heavy atom. The van der Waals surface area contributed by atoms with Gasteiger partial charge in [0, 0.05) is 32.2 Å². The molecule has 0 spiro atoms. The maximum Gasteiger partial charge on any atom is 0.131 e. The van der Waals surface area contributed by atoms with E-state index in [9.17, 15) is 0 Å². The molecule has 18 heavy (non-hydrogen) atoms. The van der Waals surface area contributed by atoms with E-state index in [2.05, 4.69) is 27.0 Å². The lowest BCUT2D eigenvalue weighted by Gasteiger charge is -2.20. The van der Waals surface area contributed by atoms with E-state index in [4.69, 9.17) is 5.73 Å². The molecule has 0 amide bonds. The van der Waals surface area contributed by atoms with Gasteiger partial charge in [-0.05, 0) is 36.2 Å². The molecule has 0 aromatic carbocycles. The zero-order valence-corrected chi connectivity index (χ0v) is 10.6. The number of rotatable bonds is 5. The predicted octanol–water partition coefficient (Wildman–Crippen LogP) is 1.61. The maximum atomic E-state index is 5.63. The van der Waals surface area contributed by atoms with Crippen molar-refractivity contribution in [3.8, 4) is 0 Å². The molecule has 0 saturated carbocycles. The summed E-state index contributed by atoms with van der Waals surface area (Å²) in [5.41, 5.74) is 7.98. The lowest BCUT2D eigenvalue weighted by atomic mass is 10.1. The molecule has 0 fully saturated rings. The Kier molecular flexibility index (Phi) is 4.25. The fraction of sp³-hybridized carbons (Fsp3) is 0.286. The van der Waals surface area contributed by atoms with E-state index in [1.54, 1.807) is 6.20 Å². The van der Waals surface area contributed by atoms with Crippen LogP contribution in [0.2, 0.25) is 0 Å². The van der Waals surface area contributed by atoms with Gasteiger partial charge in [0.15, 0.2) is 0 Å². The average molecular weight is 242 g/mol. The molecule has 2 heterocycles. The highest BCUT2D eigenvalue weighted by Crippen LogP contribution is 2.17. The van der Waals surface area contributed by atoms with Gasteiger partial charge in [0.1, 0.15) is 5.82 Å². The Hall–Kier alpha value is -1.94. The number of hydrogen-bond donors (Lipinski definition) is 1. The quantitative estimate of drug-likeness (QED) is 0.865. The summed E-state index contributed by atoms with van der Waals surface area (Å²) >= 11 is 0. The minimum Gasteiger partial charge on any atom is -0.355 e. The Bertz CT molecular complexity index is 484. The number of anilines is 1. The molecule has 94 valence electrons. The first-order valence-electron chi connectivity index (χ1n) is 6.05. The second-order valence-electron chi connectivity index (χ2n) is 4.24. The van der Waals surface area contributed by atoms with E-state index in [1.807, 2.05) is 31.6 Å². The van der Waals surface area contributed by atoms with Gasteiger partial charge in [-0.3, -0.25) is 4.98 Å². The van der Waals surface area contributed by atoms with Crippen LogP contribution in [0.3, 0.4) is 0 Å². The first kappa shape index (κ1) is 12.5. The third-order valence-electron chi connectivity index (χ3n) is 2.79. The van der Waals surface area contributed by atoms with Gasteiger partial charge < -0.3 is 10.6 Å². The molecule has 4 heteroatoms. The summed E-state index contributed by atoms with van der Waals surface area (Å²) in [5, 5.41) is 0. The number of nitrogens with two attached hydrogens (primary N) is 1. The van der Waals surface area contributed by atoms with Gasteiger partial charge in [-0.2, -0.15) is 0 Å². The van der Waals surface area contributed by atoms with Crippen molar-refractivity contribution in [2.75, 3.05) is 18.5 Å². The first-order valence-corrected chi connectivity index (χ1v) is 6.05. The van der Waals surface area contributed by atoms with Gasteiger partial charge in [0.05, 0.1) is 0 Å². The predicted molar refractivity (Wildman–Crippen MR) is 73.3 cm³/mol. The van der Waals surface area contributed by atoms with Gasteiger partial charge in [-0.1, -0.05) is 12.1 Å². The van der Waals surface area contributed by atoms with Gasteiger partial charge >= 0.3 is 0 Å². The molecule has 0 atom stereocenters. The van der Waals surface area contributed by atoms with Crippen molar-refractivity contribution in [2.24, 2.45) is 5.73 Å². The summed E-state index contributed by atoms with van der Waals surface area (Å²) in [6.45, 7) is 1.43. The van der Waals surface area contributed by atoms with E-state index < -0.39 is 0 Å². The summed E-state index contributed by atoms with van der Waals surface area (Å²) in [6.07, 6.45) is 6.32. The van der Waals surface area contributed by atoms with Crippen LogP contribution in [-0.4, -0.2) is 23.6 Å². The second kappa shape index (κ2) is 6.12.